The van der Waals surface area contributed by atoms with E-state index in [1.165, 1.54) is 0 Å². The lowest BCUT2D eigenvalue weighted by molar-refractivity contribution is -0.123. The van der Waals surface area contributed by atoms with Crippen molar-refractivity contribution < 1.29 is 14.3 Å². The highest BCUT2D eigenvalue weighted by Crippen LogP contribution is 2.12. The van der Waals surface area contributed by atoms with Gasteiger partial charge in [-0.05, 0) is 35.7 Å². The molecule has 0 aliphatic carbocycles. The first-order valence-electron chi connectivity index (χ1n) is 7.21. The number of ether oxygens (including phenoxy) is 2. The van der Waals surface area contributed by atoms with Crippen LogP contribution in [0.3, 0.4) is 0 Å². The third kappa shape index (κ3) is 4.90. The van der Waals surface area contributed by atoms with Gasteiger partial charge in [-0.2, -0.15) is 0 Å². The Labute approximate surface area is 131 Å². The van der Waals surface area contributed by atoms with Gasteiger partial charge in [0, 0.05) is 13.7 Å². The van der Waals surface area contributed by atoms with Gasteiger partial charge < -0.3 is 14.8 Å². The lowest BCUT2D eigenvalue weighted by Crippen LogP contribution is -2.28. The van der Waals surface area contributed by atoms with E-state index in [2.05, 4.69) is 5.32 Å². The number of rotatable bonds is 7. The summed E-state index contributed by atoms with van der Waals surface area (Å²) in [5.41, 5.74) is 3.23. The molecular weight excluding hydrogens is 278 g/mol. The van der Waals surface area contributed by atoms with Crippen molar-refractivity contribution in [1.29, 1.82) is 0 Å². The molecule has 0 atom stereocenters. The van der Waals surface area contributed by atoms with Gasteiger partial charge in [-0.25, -0.2) is 0 Å². The van der Waals surface area contributed by atoms with Crippen molar-refractivity contribution in [3.63, 3.8) is 0 Å². The van der Waals surface area contributed by atoms with Gasteiger partial charge in [-0.15, -0.1) is 0 Å². The highest BCUT2D eigenvalue weighted by molar-refractivity contribution is 5.77. The highest BCUT2D eigenvalue weighted by Gasteiger charge is 2.06. The molecule has 0 bridgehead atoms. The third-order valence-electron chi connectivity index (χ3n) is 3.25. The topological polar surface area (TPSA) is 47.6 Å². The molecular formula is C18H21NO3. The number of hydrogen-bond donors (Lipinski definition) is 1. The number of carbonyl (C=O) groups excluding carboxylic acids is 1. The Morgan fingerprint density at radius 3 is 2.59 bits per heavy atom. The fourth-order valence-corrected chi connectivity index (χ4v) is 2.13. The van der Waals surface area contributed by atoms with Crippen LogP contribution < -0.4 is 10.1 Å². The zero-order valence-corrected chi connectivity index (χ0v) is 13.0. The summed E-state index contributed by atoms with van der Waals surface area (Å²) < 4.78 is 10.6. The second-order valence-electron chi connectivity index (χ2n) is 5.08. The monoisotopic (exact) mass is 299 g/mol. The van der Waals surface area contributed by atoms with Gasteiger partial charge in [0.2, 0.25) is 0 Å². The summed E-state index contributed by atoms with van der Waals surface area (Å²) in [4.78, 5) is 11.9. The van der Waals surface area contributed by atoms with Crippen molar-refractivity contribution in [2.24, 2.45) is 0 Å². The van der Waals surface area contributed by atoms with Crippen molar-refractivity contribution in [3.05, 3.63) is 65.2 Å². The van der Waals surface area contributed by atoms with E-state index in [1.54, 1.807) is 7.11 Å². The quantitative estimate of drug-likeness (QED) is 0.855. The van der Waals surface area contributed by atoms with E-state index < -0.39 is 0 Å². The molecule has 0 saturated heterocycles. The van der Waals surface area contributed by atoms with Crippen LogP contribution in [0.2, 0.25) is 0 Å². The molecule has 2 aromatic carbocycles. The smallest absolute Gasteiger partial charge is 0.258 e. The van der Waals surface area contributed by atoms with E-state index in [-0.39, 0.29) is 12.5 Å². The molecule has 0 aliphatic rings. The van der Waals surface area contributed by atoms with Gasteiger partial charge in [0.1, 0.15) is 5.75 Å². The van der Waals surface area contributed by atoms with E-state index in [0.29, 0.717) is 18.9 Å². The maximum atomic E-state index is 11.9. The van der Waals surface area contributed by atoms with Gasteiger partial charge in [0.05, 0.1) is 6.61 Å². The third-order valence-corrected chi connectivity index (χ3v) is 3.25. The Hall–Kier alpha value is -2.33. The average Bonchev–Trinajstić information content (AvgIpc) is 2.52. The first-order valence-corrected chi connectivity index (χ1v) is 7.21. The van der Waals surface area contributed by atoms with E-state index >= 15 is 0 Å². The predicted molar refractivity (Wildman–Crippen MR) is 85.7 cm³/mol. The fraction of sp³-hybridized carbons (Fsp3) is 0.278. The Morgan fingerprint density at radius 1 is 1.09 bits per heavy atom. The predicted octanol–water partition coefficient (Wildman–Crippen LogP) is 2.84. The fourth-order valence-electron chi connectivity index (χ4n) is 2.13. The molecule has 0 saturated carbocycles. The van der Waals surface area contributed by atoms with Crippen molar-refractivity contribution in [1.82, 2.24) is 5.32 Å². The van der Waals surface area contributed by atoms with Gasteiger partial charge in [-0.1, -0.05) is 36.4 Å². The number of benzene rings is 2. The molecule has 0 heterocycles. The molecule has 1 amide bonds. The molecule has 0 fully saturated rings. The molecule has 2 rings (SSSR count). The maximum absolute atomic E-state index is 11.9. The Kier molecular flexibility index (Phi) is 5.98. The van der Waals surface area contributed by atoms with Crippen LogP contribution in [0.25, 0.3) is 0 Å². The molecule has 4 heteroatoms. The van der Waals surface area contributed by atoms with Gasteiger partial charge >= 0.3 is 0 Å². The summed E-state index contributed by atoms with van der Waals surface area (Å²) >= 11 is 0. The summed E-state index contributed by atoms with van der Waals surface area (Å²) in [6.45, 7) is 3.00. The molecule has 0 unspecified atom stereocenters. The number of carbonyl (C=O) groups is 1. The van der Waals surface area contributed by atoms with Crippen molar-refractivity contribution in [2.45, 2.75) is 20.1 Å². The van der Waals surface area contributed by atoms with Crippen LogP contribution >= 0.6 is 0 Å². The first kappa shape index (κ1) is 16.0. The standard InChI is InChI=1S/C18H21NO3/c1-14-6-5-9-17(10-14)22-13-18(20)19-11-15-7-3-4-8-16(15)12-21-2/h3-10H,11-13H2,1-2H3,(H,19,20). The number of hydrogen-bond acceptors (Lipinski definition) is 3. The summed E-state index contributed by atoms with van der Waals surface area (Å²) in [6, 6.07) is 15.5. The number of aryl methyl sites for hydroxylation is 1. The zero-order valence-electron chi connectivity index (χ0n) is 13.0. The Morgan fingerprint density at radius 2 is 1.86 bits per heavy atom. The normalized spacial score (nSPS) is 10.3. The zero-order chi connectivity index (χ0) is 15.8. The van der Waals surface area contributed by atoms with Gasteiger partial charge in [-0.3, -0.25) is 4.79 Å². The number of methoxy groups -OCH3 is 1. The lowest BCUT2D eigenvalue weighted by atomic mass is 10.1. The molecule has 2 aromatic rings. The Balaban J connectivity index is 1.83. The second kappa shape index (κ2) is 8.20. The van der Waals surface area contributed by atoms with Gasteiger partial charge in [0.15, 0.2) is 6.61 Å². The lowest BCUT2D eigenvalue weighted by Gasteiger charge is -2.11. The maximum Gasteiger partial charge on any atom is 0.258 e. The molecule has 0 aromatic heterocycles. The molecule has 0 aliphatic heterocycles. The molecule has 0 spiro atoms. The average molecular weight is 299 g/mol. The van der Waals surface area contributed by atoms with Crippen LogP contribution in [0, 0.1) is 6.92 Å². The Bertz CT molecular complexity index is 625. The largest absolute Gasteiger partial charge is 0.484 e. The molecule has 22 heavy (non-hydrogen) atoms. The van der Waals surface area contributed by atoms with Crippen molar-refractivity contribution in [3.8, 4) is 5.75 Å². The molecule has 4 nitrogen and oxygen atoms in total. The van der Waals surface area contributed by atoms with Crippen LogP contribution in [0.15, 0.2) is 48.5 Å². The van der Waals surface area contributed by atoms with Crippen LogP contribution in [0.4, 0.5) is 0 Å². The number of nitrogens with one attached hydrogen (secondary N) is 1. The minimum Gasteiger partial charge on any atom is -0.484 e. The van der Waals surface area contributed by atoms with E-state index in [0.717, 1.165) is 16.7 Å². The number of amides is 1. The molecule has 0 radical (unpaired) electrons. The van der Waals surface area contributed by atoms with Crippen LogP contribution in [-0.4, -0.2) is 19.6 Å². The van der Waals surface area contributed by atoms with Crippen molar-refractivity contribution >= 4 is 5.91 Å². The van der Waals surface area contributed by atoms with E-state index in [1.807, 2.05) is 55.5 Å². The summed E-state index contributed by atoms with van der Waals surface area (Å²) in [5.74, 6) is 0.559. The minimum absolute atomic E-state index is 0.00982. The van der Waals surface area contributed by atoms with E-state index in [9.17, 15) is 4.79 Å². The summed E-state index contributed by atoms with van der Waals surface area (Å²) in [5, 5.41) is 2.86. The second-order valence-corrected chi connectivity index (χ2v) is 5.08. The summed E-state index contributed by atoms with van der Waals surface area (Å²) in [7, 11) is 1.66. The summed E-state index contributed by atoms with van der Waals surface area (Å²) in [6.07, 6.45) is 0. The van der Waals surface area contributed by atoms with Crippen LogP contribution in [0.1, 0.15) is 16.7 Å². The van der Waals surface area contributed by atoms with Crippen LogP contribution in [-0.2, 0) is 22.7 Å². The van der Waals surface area contributed by atoms with Crippen LogP contribution in [0.5, 0.6) is 5.75 Å². The van der Waals surface area contributed by atoms with Gasteiger partial charge in [0.25, 0.3) is 5.91 Å². The first-order chi connectivity index (χ1) is 10.7. The molecule has 1 N–H and O–H groups in total. The van der Waals surface area contributed by atoms with Crippen molar-refractivity contribution in [2.75, 3.05) is 13.7 Å². The highest BCUT2D eigenvalue weighted by atomic mass is 16.5. The minimum atomic E-state index is -0.145. The molecule has 116 valence electrons. The van der Waals surface area contributed by atoms with E-state index in [4.69, 9.17) is 9.47 Å². The SMILES string of the molecule is COCc1ccccc1CNC(=O)COc1cccc(C)c1.